The Morgan fingerprint density at radius 2 is 2.12 bits per heavy atom. The molecule has 2 heterocycles. The van der Waals surface area contributed by atoms with Crippen LogP contribution in [0, 0.1) is 13.8 Å². The van der Waals surface area contributed by atoms with Crippen molar-refractivity contribution in [2.75, 3.05) is 0 Å². The summed E-state index contributed by atoms with van der Waals surface area (Å²) >= 11 is 1.70. The highest BCUT2D eigenvalue weighted by atomic mass is 32.2. The van der Waals surface area contributed by atoms with Crippen molar-refractivity contribution in [3.63, 3.8) is 0 Å². The molecule has 1 fully saturated rings. The molecule has 2 aromatic rings. The third kappa shape index (κ3) is 2.86. The van der Waals surface area contributed by atoms with Gasteiger partial charge in [-0.1, -0.05) is 36.7 Å². The van der Waals surface area contributed by atoms with E-state index in [1.165, 1.54) is 25.7 Å². The Morgan fingerprint density at radius 3 is 2.96 bits per heavy atom. The summed E-state index contributed by atoms with van der Waals surface area (Å²) in [7, 11) is 0. The fraction of sp³-hybridized carbons (Fsp3) is 0.474. The lowest BCUT2D eigenvalue weighted by atomic mass is 9.92. The van der Waals surface area contributed by atoms with Crippen LogP contribution in [0.1, 0.15) is 42.4 Å². The van der Waals surface area contributed by atoms with E-state index in [-0.39, 0.29) is 5.63 Å². The van der Waals surface area contributed by atoms with Gasteiger partial charge in [0, 0.05) is 17.2 Å². The number of hydrogen-bond donors (Lipinski definition) is 1. The lowest BCUT2D eigenvalue weighted by molar-refractivity contribution is 0.385. The number of rotatable bonds is 2. The van der Waals surface area contributed by atoms with Gasteiger partial charge in [-0.05, 0) is 43.4 Å². The minimum atomic E-state index is -0.276. The van der Waals surface area contributed by atoms with Gasteiger partial charge >= 0.3 is 5.63 Å². The average Bonchev–Trinajstić information content (AvgIpc) is 2.99. The number of benzene rings is 1. The van der Waals surface area contributed by atoms with Gasteiger partial charge in [0.25, 0.3) is 0 Å². The van der Waals surface area contributed by atoms with Gasteiger partial charge in [0.1, 0.15) is 5.58 Å². The van der Waals surface area contributed by atoms with Crippen LogP contribution >= 0.6 is 11.8 Å². The smallest absolute Gasteiger partial charge is 0.336 e. The van der Waals surface area contributed by atoms with E-state index in [2.05, 4.69) is 17.4 Å². The van der Waals surface area contributed by atoms with E-state index in [9.17, 15) is 4.79 Å². The zero-order valence-corrected chi connectivity index (χ0v) is 14.9. The maximum Gasteiger partial charge on any atom is 0.336 e. The Kier molecular flexibility index (Phi) is 4.12. The van der Waals surface area contributed by atoms with Crippen molar-refractivity contribution in [3.8, 4) is 0 Å². The molecular weight excluding hydrogens is 320 g/mol. The molecule has 1 aliphatic carbocycles. The van der Waals surface area contributed by atoms with Gasteiger partial charge in [0.2, 0.25) is 0 Å². The van der Waals surface area contributed by atoms with Crippen molar-refractivity contribution in [2.24, 2.45) is 4.99 Å². The summed E-state index contributed by atoms with van der Waals surface area (Å²) in [5, 5.41) is 5.61. The summed E-state index contributed by atoms with van der Waals surface area (Å²) < 4.78 is 5.45. The minimum Gasteiger partial charge on any atom is -0.422 e. The van der Waals surface area contributed by atoms with Crippen molar-refractivity contribution >= 4 is 27.9 Å². The van der Waals surface area contributed by atoms with Crippen molar-refractivity contribution < 1.29 is 4.42 Å². The van der Waals surface area contributed by atoms with Gasteiger partial charge in [-0.2, -0.15) is 0 Å². The summed E-state index contributed by atoms with van der Waals surface area (Å²) in [5.74, 6) is 0.732. The van der Waals surface area contributed by atoms with Crippen LogP contribution in [0.3, 0.4) is 0 Å². The molecule has 0 radical (unpaired) electrons. The van der Waals surface area contributed by atoms with Gasteiger partial charge in [-0.15, -0.1) is 0 Å². The zero-order valence-electron chi connectivity index (χ0n) is 14.1. The van der Waals surface area contributed by atoms with Gasteiger partial charge < -0.3 is 9.73 Å². The summed E-state index contributed by atoms with van der Waals surface area (Å²) in [6.45, 7) is 4.04. The Hall–Kier alpha value is -1.75. The van der Waals surface area contributed by atoms with Gasteiger partial charge in [-0.3, -0.25) is 4.99 Å². The summed E-state index contributed by atoms with van der Waals surface area (Å²) in [5.41, 5.74) is 3.64. The molecule has 1 aromatic heterocycles. The van der Waals surface area contributed by atoms with Crippen molar-refractivity contribution in [1.82, 2.24) is 5.32 Å². The van der Waals surface area contributed by atoms with Crippen LogP contribution in [0.25, 0.3) is 11.0 Å². The second-order valence-corrected chi connectivity index (χ2v) is 7.76. The fourth-order valence-corrected chi connectivity index (χ4v) is 4.63. The highest BCUT2D eigenvalue weighted by Crippen LogP contribution is 2.30. The molecule has 126 valence electrons. The van der Waals surface area contributed by atoms with Gasteiger partial charge in [-0.25, -0.2) is 4.79 Å². The van der Waals surface area contributed by atoms with Crippen molar-refractivity contribution in [1.29, 1.82) is 0 Å². The molecule has 0 bridgehead atoms. The fourth-order valence-electron chi connectivity index (χ4n) is 3.65. The molecule has 0 spiro atoms. The molecule has 24 heavy (non-hydrogen) atoms. The van der Waals surface area contributed by atoms with Gasteiger partial charge in [0.05, 0.1) is 12.1 Å². The normalized spacial score (nSPS) is 23.0. The number of nitrogens with one attached hydrogen (secondary N) is 1. The highest BCUT2D eigenvalue weighted by Gasteiger charge is 2.30. The van der Waals surface area contributed by atoms with Crippen molar-refractivity contribution in [3.05, 3.63) is 45.3 Å². The highest BCUT2D eigenvalue weighted by molar-refractivity contribution is 8.13. The zero-order chi connectivity index (χ0) is 16.7. The molecule has 1 N–H and O–H groups in total. The van der Waals surface area contributed by atoms with Crippen LogP contribution in [-0.2, 0) is 5.75 Å². The molecule has 1 saturated carbocycles. The predicted molar refractivity (Wildman–Crippen MR) is 99.9 cm³/mol. The second kappa shape index (κ2) is 6.28. The van der Waals surface area contributed by atoms with Crippen LogP contribution in [-0.4, -0.2) is 17.3 Å². The number of nitrogens with zero attached hydrogens (tertiary/aromatic N) is 1. The van der Waals surface area contributed by atoms with E-state index in [1.807, 2.05) is 13.8 Å². The third-order valence-electron chi connectivity index (χ3n) is 5.20. The maximum absolute atomic E-state index is 11.9. The second-order valence-electron chi connectivity index (χ2n) is 6.80. The average molecular weight is 342 g/mol. The number of thioether (sulfide) groups is 1. The third-order valence-corrected chi connectivity index (χ3v) is 6.16. The van der Waals surface area contributed by atoms with E-state index in [1.54, 1.807) is 17.8 Å². The Balaban J connectivity index is 1.59. The topological polar surface area (TPSA) is 54.6 Å². The number of aryl methyl sites for hydroxylation is 2. The number of aliphatic imine (C=N–C) groups is 1. The Morgan fingerprint density at radius 1 is 1.29 bits per heavy atom. The molecule has 4 rings (SSSR count). The van der Waals surface area contributed by atoms with Crippen LogP contribution in [0.5, 0.6) is 0 Å². The van der Waals surface area contributed by atoms with E-state index in [0.29, 0.717) is 17.7 Å². The molecule has 0 unspecified atom stereocenters. The molecule has 1 aromatic carbocycles. The number of amidine groups is 1. The van der Waals surface area contributed by atoms with E-state index in [4.69, 9.17) is 9.41 Å². The van der Waals surface area contributed by atoms with Gasteiger partial charge in [0.15, 0.2) is 5.17 Å². The first kappa shape index (κ1) is 15.8. The first-order valence-electron chi connectivity index (χ1n) is 8.62. The molecular formula is C19H22N2O2S. The predicted octanol–water partition coefficient (Wildman–Crippen LogP) is 3.91. The number of hydrogen-bond acceptors (Lipinski definition) is 5. The lowest BCUT2D eigenvalue weighted by Gasteiger charge is -2.23. The van der Waals surface area contributed by atoms with E-state index < -0.39 is 0 Å². The Bertz CT molecular complexity index is 872. The van der Waals surface area contributed by atoms with Crippen LogP contribution < -0.4 is 10.9 Å². The minimum absolute atomic E-state index is 0.276. The standard InChI is InChI=1S/C19H22N2O2S/c1-11-7-8-14-13(9-17(22)23-18(14)12(11)2)10-24-19-20-15-5-3-4-6-16(15)21-19/h7-9,15-16H,3-6,10H2,1-2H3,(H,20,21)/t15-,16+. The van der Waals surface area contributed by atoms with Crippen LogP contribution in [0.2, 0.25) is 0 Å². The van der Waals surface area contributed by atoms with Crippen LogP contribution in [0.4, 0.5) is 0 Å². The molecule has 5 heteroatoms. The largest absolute Gasteiger partial charge is 0.422 e. The molecule has 1 aliphatic heterocycles. The first-order valence-corrected chi connectivity index (χ1v) is 9.60. The maximum atomic E-state index is 11.9. The molecule has 0 amide bonds. The molecule has 0 saturated heterocycles. The van der Waals surface area contributed by atoms with Crippen LogP contribution in [0.15, 0.2) is 32.4 Å². The summed E-state index contributed by atoms with van der Waals surface area (Å²) in [6.07, 6.45) is 4.99. The molecule has 2 atom stereocenters. The molecule has 2 aliphatic rings. The lowest BCUT2D eigenvalue weighted by Crippen LogP contribution is -2.36. The monoisotopic (exact) mass is 342 g/mol. The quantitative estimate of drug-likeness (QED) is 0.841. The first-order chi connectivity index (χ1) is 11.6. The molecule has 4 nitrogen and oxygen atoms in total. The summed E-state index contributed by atoms with van der Waals surface area (Å²) in [6, 6.07) is 6.73. The Labute approximate surface area is 145 Å². The summed E-state index contributed by atoms with van der Waals surface area (Å²) in [4.78, 5) is 16.8. The number of fused-ring (bicyclic) bond motifs is 2. The SMILES string of the molecule is Cc1ccc2c(CSC3=N[C@@H]4CCCC[C@@H]4N3)cc(=O)oc2c1C. The van der Waals surface area contributed by atoms with Crippen molar-refractivity contribution in [2.45, 2.75) is 57.4 Å². The van der Waals surface area contributed by atoms with E-state index in [0.717, 1.165) is 33.0 Å². The van der Waals surface area contributed by atoms with E-state index >= 15 is 0 Å².